The van der Waals surface area contributed by atoms with Crippen LogP contribution in [0.4, 0.5) is 0 Å². The summed E-state index contributed by atoms with van der Waals surface area (Å²) in [4.78, 5) is 29.4. The van der Waals surface area contributed by atoms with Crippen molar-refractivity contribution in [2.24, 2.45) is 0 Å². The molecule has 2 heterocycles. The van der Waals surface area contributed by atoms with Gasteiger partial charge in [-0.15, -0.1) is 0 Å². The molecule has 2 aromatic heterocycles. The van der Waals surface area contributed by atoms with Gasteiger partial charge in [-0.3, -0.25) is 19.7 Å². The average Bonchev–Trinajstić information content (AvgIpc) is 3.61. The Balaban J connectivity index is 1.34. The molecule has 0 aliphatic heterocycles. The van der Waals surface area contributed by atoms with E-state index in [0.29, 0.717) is 26.1 Å². The van der Waals surface area contributed by atoms with Crippen LogP contribution in [0.3, 0.4) is 0 Å². The van der Waals surface area contributed by atoms with Gasteiger partial charge in [-0.1, -0.05) is 62.4 Å². The van der Waals surface area contributed by atoms with Crippen LogP contribution in [0.5, 0.6) is 0 Å². The SMILES string of the molecule is CCCN(CCC)Cc1ccc(CC(=O)c2ccc(CN(Cc3ncc[nH]3)Cc3ncn[nH]3)cc2)cc1. The van der Waals surface area contributed by atoms with Gasteiger partial charge >= 0.3 is 0 Å². The lowest BCUT2D eigenvalue weighted by atomic mass is 10.0. The molecule has 2 aromatic carbocycles. The lowest BCUT2D eigenvalue weighted by Gasteiger charge is -2.21. The largest absolute Gasteiger partial charge is 0.348 e. The minimum atomic E-state index is 0.131. The van der Waals surface area contributed by atoms with E-state index in [9.17, 15) is 4.79 Å². The lowest BCUT2D eigenvalue weighted by molar-refractivity contribution is 0.0993. The summed E-state index contributed by atoms with van der Waals surface area (Å²) in [5, 5.41) is 6.87. The number of benzene rings is 2. The number of carbonyl (C=O) groups excluding carboxylic acids is 1. The summed E-state index contributed by atoms with van der Waals surface area (Å²) in [5.74, 6) is 1.82. The fourth-order valence-electron chi connectivity index (χ4n) is 4.55. The molecule has 0 aliphatic carbocycles. The molecule has 8 nitrogen and oxygen atoms in total. The Morgan fingerprint density at radius 1 is 0.757 bits per heavy atom. The van der Waals surface area contributed by atoms with Gasteiger partial charge in [-0.05, 0) is 42.6 Å². The van der Waals surface area contributed by atoms with Gasteiger partial charge in [0.2, 0.25) is 0 Å². The Morgan fingerprint density at radius 2 is 1.38 bits per heavy atom. The monoisotopic (exact) mass is 499 g/mol. The van der Waals surface area contributed by atoms with Crippen LogP contribution < -0.4 is 0 Å². The number of hydrogen-bond donors (Lipinski definition) is 2. The topological polar surface area (TPSA) is 93.8 Å². The predicted molar refractivity (Wildman–Crippen MR) is 145 cm³/mol. The van der Waals surface area contributed by atoms with E-state index in [1.165, 1.54) is 11.9 Å². The highest BCUT2D eigenvalue weighted by molar-refractivity contribution is 5.97. The van der Waals surface area contributed by atoms with E-state index < -0.39 is 0 Å². The molecule has 37 heavy (non-hydrogen) atoms. The summed E-state index contributed by atoms with van der Waals surface area (Å²) in [5.41, 5.74) is 4.20. The summed E-state index contributed by atoms with van der Waals surface area (Å²) < 4.78 is 0. The fourth-order valence-corrected chi connectivity index (χ4v) is 4.55. The number of ketones is 1. The number of aromatic amines is 2. The molecule has 0 saturated heterocycles. The van der Waals surface area contributed by atoms with Crippen molar-refractivity contribution in [1.29, 1.82) is 0 Å². The second kappa shape index (κ2) is 13.6. The quantitative estimate of drug-likeness (QED) is 0.229. The molecular weight excluding hydrogens is 462 g/mol. The van der Waals surface area contributed by atoms with E-state index in [0.717, 1.165) is 60.8 Å². The number of hydrogen-bond acceptors (Lipinski definition) is 6. The number of nitrogens with zero attached hydrogens (tertiary/aromatic N) is 5. The third-order valence-corrected chi connectivity index (χ3v) is 6.32. The van der Waals surface area contributed by atoms with E-state index in [-0.39, 0.29) is 5.78 Å². The zero-order valence-corrected chi connectivity index (χ0v) is 21.9. The molecule has 0 aliphatic rings. The predicted octanol–water partition coefficient (Wildman–Crippen LogP) is 4.78. The van der Waals surface area contributed by atoms with E-state index in [1.54, 1.807) is 6.20 Å². The van der Waals surface area contributed by atoms with Crippen LogP contribution in [0.25, 0.3) is 0 Å². The summed E-state index contributed by atoms with van der Waals surface area (Å²) in [6.45, 7) is 9.61. The van der Waals surface area contributed by atoms with Gasteiger partial charge in [0.1, 0.15) is 18.0 Å². The third-order valence-electron chi connectivity index (χ3n) is 6.32. The molecular formula is C29H37N7O. The highest BCUT2D eigenvalue weighted by atomic mass is 16.1. The van der Waals surface area contributed by atoms with Crippen molar-refractivity contribution in [2.75, 3.05) is 13.1 Å². The van der Waals surface area contributed by atoms with Crippen LogP contribution in [0.1, 0.15) is 65.4 Å². The summed E-state index contributed by atoms with van der Waals surface area (Å²) in [6, 6.07) is 16.4. The molecule has 0 saturated carbocycles. The number of Topliss-reactive ketones (excluding diaryl/α,β-unsaturated/α-hetero) is 1. The second-order valence-electron chi connectivity index (χ2n) is 9.50. The van der Waals surface area contributed by atoms with E-state index >= 15 is 0 Å². The first-order valence-corrected chi connectivity index (χ1v) is 13.1. The maximum Gasteiger partial charge on any atom is 0.167 e. The van der Waals surface area contributed by atoms with Crippen molar-refractivity contribution in [3.63, 3.8) is 0 Å². The number of carbonyl (C=O) groups is 1. The lowest BCUT2D eigenvalue weighted by Crippen LogP contribution is -2.24. The molecule has 8 heteroatoms. The van der Waals surface area contributed by atoms with Crippen molar-refractivity contribution < 1.29 is 4.79 Å². The summed E-state index contributed by atoms with van der Waals surface area (Å²) in [6.07, 6.45) is 7.82. The Labute approximate surface area is 219 Å². The van der Waals surface area contributed by atoms with Crippen LogP contribution in [-0.2, 0) is 32.6 Å². The van der Waals surface area contributed by atoms with Crippen molar-refractivity contribution in [1.82, 2.24) is 34.9 Å². The van der Waals surface area contributed by atoms with Gasteiger partial charge in [-0.25, -0.2) is 9.97 Å². The van der Waals surface area contributed by atoms with Crippen LogP contribution in [0, 0.1) is 0 Å². The van der Waals surface area contributed by atoms with Crippen LogP contribution >= 0.6 is 0 Å². The Bertz CT molecular complexity index is 1140. The zero-order chi connectivity index (χ0) is 25.9. The van der Waals surface area contributed by atoms with Gasteiger partial charge in [0.05, 0.1) is 13.1 Å². The fraction of sp³-hybridized carbons (Fsp3) is 0.379. The third kappa shape index (κ3) is 8.20. The van der Waals surface area contributed by atoms with E-state index in [4.69, 9.17) is 0 Å². The Morgan fingerprint density at radius 3 is 1.97 bits per heavy atom. The molecule has 0 unspecified atom stereocenters. The molecule has 0 bridgehead atoms. The molecule has 0 atom stereocenters. The molecule has 0 amide bonds. The molecule has 0 fully saturated rings. The van der Waals surface area contributed by atoms with Crippen LogP contribution in [-0.4, -0.2) is 53.8 Å². The normalized spacial score (nSPS) is 11.5. The molecule has 2 N–H and O–H groups in total. The zero-order valence-electron chi connectivity index (χ0n) is 21.9. The first-order chi connectivity index (χ1) is 18.1. The number of imidazole rings is 1. The van der Waals surface area contributed by atoms with Crippen LogP contribution in [0.2, 0.25) is 0 Å². The van der Waals surface area contributed by atoms with Gasteiger partial charge in [-0.2, -0.15) is 5.10 Å². The average molecular weight is 500 g/mol. The number of H-pyrrole nitrogens is 2. The Kier molecular flexibility index (Phi) is 9.74. The number of nitrogens with one attached hydrogen (secondary N) is 2. The van der Waals surface area contributed by atoms with Crippen molar-refractivity contribution in [3.8, 4) is 0 Å². The minimum Gasteiger partial charge on any atom is -0.348 e. The van der Waals surface area contributed by atoms with E-state index in [2.05, 4.69) is 73.1 Å². The van der Waals surface area contributed by atoms with Gasteiger partial charge < -0.3 is 4.98 Å². The summed E-state index contributed by atoms with van der Waals surface area (Å²) >= 11 is 0. The van der Waals surface area contributed by atoms with E-state index in [1.807, 2.05) is 30.5 Å². The smallest absolute Gasteiger partial charge is 0.167 e. The maximum absolute atomic E-state index is 13.0. The molecule has 194 valence electrons. The second-order valence-corrected chi connectivity index (χ2v) is 9.50. The highest BCUT2D eigenvalue weighted by Gasteiger charge is 2.13. The van der Waals surface area contributed by atoms with Crippen molar-refractivity contribution in [3.05, 3.63) is 101 Å². The highest BCUT2D eigenvalue weighted by Crippen LogP contribution is 2.15. The first-order valence-electron chi connectivity index (χ1n) is 13.1. The van der Waals surface area contributed by atoms with Crippen molar-refractivity contribution >= 4 is 5.78 Å². The summed E-state index contributed by atoms with van der Waals surface area (Å²) in [7, 11) is 0. The van der Waals surface area contributed by atoms with Gasteiger partial charge in [0, 0.05) is 37.5 Å². The first kappa shape index (κ1) is 26.4. The molecule has 4 rings (SSSR count). The number of aromatic nitrogens is 5. The maximum atomic E-state index is 13.0. The van der Waals surface area contributed by atoms with Gasteiger partial charge in [0.15, 0.2) is 5.78 Å². The van der Waals surface area contributed by atoms with Gasteiger partial charge in [0.25, 0.3) is 0 Å². The van der Waals surface area contributed by atoms with Crippen molar-refractivity contribution in [2.45, 2.75) is 59.3 Å². The van der Waals surface area contributed by atoms with Crippen LogP contribution in [0.15, 0.2) is 67.3 Å². The molecule has 4 aromatic rings. The molecule has 0 spiro atoms. The molecule has 0 radical (unpaired) electrons. The minimum absolute atomic E-state index is 0.131. The standard InChI is InChI=1S/C29H37N7O/c1-3-15-35(16-4-2)18-24-7-5-23(6-8-24)17-27(37)26-11-9-25(10-12-26)19-36(20-28-30-13-14-31-28)21-29-32-22-33-34-29/h5-14,22H,3-4,15-21H2,1-2H3,(H,30,31)(H,32,33,34). The number of rotatable bonds is 15. The Hall–Kier alpha value is -3.62.